The number of fused-ring (bicyclic) bond motifs is 2. The zero-order chi connectivity index (χ0) is 38.4. The van der Waals surface area contributed by atoms with Crippen molar-refractivity contribution in [3.8, 4) is 23.0 Å². The number of hydrogen-bond acceptors (Lipinski definition) is 6. The lowest BCUT2D eigenvalue weighted by Gasteiger charge is -2.29. The standard InChI is InChI=1S/C37H25F8N7O2/c38-23-9-20(10-24(39)13-23)11-28(50-29(53)17-52-33-30(32(51-52)34(40)41)36(42,43)7-8-37(33,44)45)31-26(21-2-3-22-16-48-35(54)27(22)12-21)6-5-25(49-31)4-1-19-14-46-18-47-15-19/h2-3,5-6,9-10,12-15,18,28,34H,7-8,11,16-17H2,(H,48,54)(H,50,53)/t28-/m0/s1. The summed E-state index contributed by atoms with van der Waals surface area (Å²) < 4.78 is 117. The number of benzene rings is 2. The number of alkyl halides is 6. The minimum atomic E-state index is -4.07. The van der Waals surface area contributed by atoms with Gasteiger partial charge >= 0.3 is 0 Å². The number of aromatic nitrogens is 5. The first kappa shape index (κ1) is 36.2. The highest BCUT2D eigenvalue weighted by atomic mass is 19.3. The molecule has 0 spiro atoms. The van der Waals surface area contributed by atoms with Gasteiger partial charge in [-0.15, -0.1) is 0 Å². The van der Waals surface area contributed by atoms with E-state index in [-0.39, 0.29) is 40.5 Å². The Kier molecular flexibility index (Phi) is 9.38. The van der Waals surface area contributed by atoms with Crippen LogP contribution in [0.25, 0.3) is 11.1 Å². The van der Waals surface area contributed by atoms with Gasteiger partial charge in [0.05, 0.1) is 22.9 Å². The minimum absolute atomic E-state index is 0.0134. The molecule has 7 rings (SSSR count). The Hall–Kier alpha value is -6.18. The second kappa shape index (κ2) is 14.0. The second-order valence-electron chi connectivity index (χ2n) is 12.6. The third kappa shape index (κ3) is 7.23. The van der Waals surface area contributed by atoms with Crippen molar-refractivity contribution < 1.29 is 44.7 Å². The molecule has 0 radical (unpaired) electrons. The number of carbonyl (C=O) groups is 2. The summed E-state index contributed by atoms with van der Waals surface area (Å²) in [5.74, 6) is -5.83. The molecule has 0 bridgehead atoms. The number of nitrogens with one attached hydrogen (secondary N) is 2. The molecule has 0 fully saturated rings. The number of rotatable bonds is 8. The van der Waals surface area contributed by atoms with Crippen LogP contribution in [0.1, 0.15) is 80.7 Å². The summed E-state index contributed by atoms with van der Waals surface area (Å²) in [4.78, 5) is 38.8. The Morgan fingerprint density at radius 3 is 2.35 bits per heavy atom. The molecule has 4 heterocycles. The second-order valence-corrected chi connectivity index (χ2v) is 12.6. The van der Waals surface area contributed by atoms with Crippen molar-refractivity contribution in [2.45, 2.75) is 56.7 Å². The molecular weight excluding hydrogens is 726 g/mol. The summed E-state index contributed by atoms with van der Waals surface area (Å²) in [5.41, 5.74) is -2.31. The van der Waals surface area contributed by atoms with Gasteiger partial charge in [-0.1, -0.05) is 18.1 Å². The first-order chi connectivity index (χ1) is 25.7. The number of carbonyl (C=O) groups excluding carboxylic acids is 2. The first-order valence-corrected chi connectivity index (χ1v) is 16.3. The van der Waals surface area contributed by atoms with Crippen LogP contribution in [-0.4, -0.2) is 36.5 Å². The zero-order valence-electron chi connectivity index (χ0n) is 27.6. The molecule has 1 aliphatic carbocycles. The molecule has 276 valence electrons. The predicted molar refractivity (Wildman–Crippen MR) is 174 cm³/mol. The number of halogens is 8. The summed E-state index contributed by atoms with van der Waals surface area (Å²) in [6.07, 6.45) is -2.64. The van der Waals surface area contributed by atoms with E-state index in [1.165, 1.54) is 24.8 Å². The molecule has 54 heavy (non-hydrogen) atoms. The van der Waals surface area contributed by atoms with Gasteiger partial charge in [-0.25, -0.2) is 41.3 Å². The maximum absolute atomic E-state index is 15.1. The topological polar surface area (TPSA) is 115 Å². The lowest BCUT2D eigenvalue weighted by molar-refractivity contribution is -0.123. The van der Waals surface area contributed by atoms with Crippen LogP contribution in [0, 0.1) is 23.5 Å². The number of pyridine rings is 1. The van der Waals surface area contributed by atoms with Gasteiger partial charge in [-0.2, -0.15) is 13.9 Å². The molecule has 1 aliphatic heterocycles. The third-order valence-corrected chi connectivity index (χ3v) is 8.90. The van der Waals surface area contributed by atoms with Crippen LogP contribution in [0.4, 0.5) is 35.1 Å². The molecule has 9 nitrogen and oxygen atoms in total. The average molecular weight is 752 g/mol. The summed E-state index contributed by atoms with van der Waals surface area (Å²) in [6.45, 7) is -0.924. The van der Waals surface area contributed by atoms with Gasteiger partial charge in [0.25, 0.3) is 24.2 Å². The fraction of sp³-hybridized carbons (Fsp3) is 0.243. The van der Waals surface area contributed by atoms with Crippen molar-refractivity contribution in [1.29, 1.82) is 0 Å². The molecule has 0 saturated heterocycles. The third-order valence-electron chi connectivity index (χ3n) is 8.90. The summed E-state index contributed by atoms with van der Waals surface area (Å²) in [5, 5.41) is 8.62. The molecular formula is C37H25F8N7O2. The Bertz CT molecular complexity index is 2340. The molecule has 1 atom stereocenters. The number of hydrogen-bond donors (Lipinski definition) is 2. The maximum Gasteiger partial charge on any atom is 0.290 e. The fourth-order valence-corrected chi connectivity index (χ4v) is 6.53. The zero-order valence-corrected chi connectivity index (χ0v) is 27.6. The highest BCUT2D eigenvalue weighted by Crippen LogP contribution is 2.52. The van der Waals surface area contributed by atoms with Crippen LogP contribution in [-0.2, 0) is 36.1 Å². The van der Waals surface area contributed by atoms with Crippen molar-refractivity contribution in [3.63, 3.8) is 0 Å². The van der Waals surface area contributed by atoms with Crippen molar-refractivity contribution in [2.24, 2.45) is 0 Å². The Balaban J connectivity index is 1.34. The van der Waals surface area contributed by atoms with E-state index >= 15 is 8.78 Å². The van der Waals surface area contributed by atoms with E-state index in [0.29, 0.717) is 33.9 Å². The van der Waals surface area contributed by atoms with E-state index in [4.69, 9.17) is 0 Å². The average Bonchev–Trinajstić information content (AvgIpc) is 3.71. The highest BCUT2D eigenvalue weighted by Gasteiger charge is 2.55. The number of amides is 2. The quantitative estimate of drug-likeness (QED) is 0.135. The summed E-state index contributed by atoms with van der Waals surface area (Å²) in [6, 6.07) is 9.32. The lowest BCUT2D eigenvalue weighted by Crippen LogP contribution is -2.37. The van der Waals surface area contributed by atoms with Crippen molar-refractivity contribution in [3.05, 3.63) is 129 Å². The Labute approximate surface area is 300 Å². The van der Waals surface area contributed by atoms with Gasteiger partial charge in [-0.05, 0) is 59.4 Å². The monoisotopic (exact) mass is 751 g/mol. The lowest BCUT2D eigenvalue weighted by atomic mass is 9.89. The van der Waals surface area contributed by atoms with Crippen molar-refractivity contribution in [2.75, 3.05) is 0 Å². The highest BCUT2D eigenvalue weighted by molar-refractivity contribution is 5.99. The van der Waals surface area contributed by atoms with E-state index < -0.39 is 78.2 Å². The minimum Gasteiger partial charge on any atom is -0.348 e. The van der Waals surface area contributed by atoms with Gasteiger partial charge in [-0.3, -0.25) is 14.3 Å². The molecule has 2 aromatic carbocycles. The fourth-order valence-electron chi connectivity index (χ4n) is 6.53. The summed E-state index contributed by atoms with van der Waals surface area (Å²) >= 11 is 0. The maximum atomic E-state index is 15.1. The van der Waals surface area contributed by atoms with Crippen LogP contribution in [0.5, 0.6) is 0 Å². The van der Waals surface area contributed by atoms with E-state index in [0.717, 1.165) is 12.1 Å². The van der Waals surface area contributed by atoms with Crippen molar-refractivity contribution >= 4 is 11.8 Å². The van der Waals surface area contributed by atoms with E-state index in [1.807, 2.05) is 0 Å². The molecule has 3 aromatic heterocycles. The van der Waals surface area contributed by atoms with Crippen molar-refractivity contribution in [1.82, 2.24) is 35.4 Å². The van der Waals surface area contributed by atoms with Crippen LogP contribution < -0.4 is 10.6 Å². The summed E-state index contributed by atoms with van der Waals surface area (Å²) in [7, 11) is 0. The van der Waals surface area contributed by atoms with E-state index in [1.54, 1.807) is 24.3 Å². The van der Waals surface area contributed by atoms with E-state index in [2.05, 4.69) is 42.5 Å². The molecule has 2 N–H and O–H groups in total. The normalized spacial score (nSPS) is 15.8. The van der Waals surface area contributed by atoms with Crippen LogP contribution in [0.2, 0.25) is 0 Å². The number of nitrogens with zero attached hydrogens (tertiary/aromatic N) is 5. The van der Waals surface area contributed by atoms with Crippen LogP contribution >= 0.6 is 0 Å². The van der Waals surface area contributed by atoms with Gasteiger partial charge in [0.15, 0.2) is 0 Å². The van der Waals surface area contributed by atoms with Crippen LogP contribution in [0.15, 0.2) is 67.3 Å². The van der Waals surface area contributed by atoms with Gasteiger partial charge < -0.3 is 10.6 Å². The molecule has 5 aromatic rings. The molecule has 0 saturated carbocycles. The predicted octanol–water partition coefficient (Wildman–Crippen LogP) is 6.67. The van der Waals surface area contributed by atoms with Crippen LogP contribution in [0.3, 0.4) is 0 Å². The molecule has 2 amide bonds. The van der Waals surface area contributed by atoms with Gasteiger partial charge in [0, 0.05) is 49.0 Å². The Morgan fingerprint density at radius 1 is 0.907 bits per heavy atom. The SMILES string of the molecule is O=C(Cn1nc(C(F)F)c2c1C(F)(F)CCC2(F)F)N[C@@H](Cc1cc(F)cc(F)c1)c1nc(C#Cc2cncnc2)ccc1-c1ccc2c(c1)C(=O)NC2. The van der Waals surface area contributed by atoms with Gasteiger partial charge in [0.1, 0.15) is 41.6 Å². The van der Waals surface area contributed by atoms with E-state index in [9.17, 15) is 35.9 Å². The molecule has 17 heteroatoms. The largest absolute Gasteiger partial charge is 0.348 e. The first-order valence-electron chi connectivity index (χ1n) is 16.3. The Morgan fingerprint density at radius 2 is 1.63 bits per heavy atom. The molecule has 0 unspecified atom stereocenters. The smallest absolute Gasteiger partial charge is 0.290 e. The van der Waals surface area contributed by atoms with Gasteiger partial charge in [0.2, 0.25) is 5.91 Å². The molecule has 2 aliphatic rings.